The van der Waals surface area contributed by atoms with Crippen LogP contribution in [-0.2, 0) is 0 Å². The second-order valence-electron chi connectivity index (χ2n) is 12.3. The zero-order chi connectivity index (χ0) is 34.9. The van der Waals surface area contributed by atoms with Crippen molar-refractivity contribution < 1.29 is 4.42 Å². The Morgan fingerprint density at radius 2 is 1.41 bits per heavy atom. The molecule has 4 nitrogen and oxygen atoms in total. The second-order valence-corrected chi connectivity index (χ2v) is 12.3. The highest BCUT2D eigenvalue weighted by Crippen LogP contribution is 2.39. The first-order valence-corrected chi connectivity index (χ1v) is 17.0. The molecule has 0 N–H and O–H groups in total. The second kappa shape index (κ2) is 13.3. The van der Waals surface area contributed by atoms with Gasteiger partial charge < -0.3 is 8.98 Å². The van der Waals surface area contributed by atoms with Crippen LogP contribution in [0.5, 0.6) is 0 Å². The summed E-state index contributed by atoms with van der Waals surface area (Å²) < 4.78 is 8.81. The molecule has 51 heavy (non-hydrogen) atoms. The van der Waals surface area contributed by atoms with Crippen LogP contribution >= 0.6 is 0 Å². The molecule has 0 aliphatic rings. The maximum absolute atomic E-state index is 6.56. The largest absolute Gasteiger partial charge is 0.436 e. The van der Waals surface area contributed by atoms with Gasteiger partial charge in [0.1, 0.15) is 16.8 Å². The molecule has 8 aromatic rings. The molecule has 5 aromatic carbocycles. The Hall–Kier alpha value is -6.78. The van der Waals surface area contributed by atoms with Crippen LogP contribution < -0.4 is 0 Å². The Balaban J connectivity index is 1.25. The Morgan fingerprint density at radius 1 is 0.686 bits per heavy atom. The number of aromatic nitrogens is 3. The van der Waals surface area contributed by atoms with Gasteiger partial charge in [-0.3, -0.25) is 0 Å². The number of hydrogen-bond acceptors (Lipinski definition) is 3. The van der Waals surface area contributed by atoms with Crippen LogP contribution in [0, 0.1) is 0 Å². The van der Waals surface area contributed by atoms with Gasteiger partial charge in [0.15, 0.2) is 0 Å². The summed E-state index contributed by atoms with van der Waals surface area (Å²) in [5.41, 5.74) is 13.8. The highest BCUT2D eigenvalue weighted by molar-refractivity contribution is 6.08. The summed E-state index contributed by atoms with van der Waals surface area (Å²) in [5, 5.41) is 2.04. The molecule has 0 aliphatic carbocycles. The van der Waals surface area contributed by atoms with Crippen molar-refractivity contribution in [1.82, 2.24) is 14.5 Å². The summed E-state index contributed by atoms with van der Waals surface area (Å²) in [4.78, 5) is 10.3. The average Bonchev–Trinajstić information content (AvgIpc) is 3.73. The minimum absolute atomic E-state index is 0.493. The van der Waals surface area contributed by atoms with Gasteiger partial charge >= 0.3 is 0 Å². The third-order valence-electron chi connectivity index (χ3n) is 9.33. The number of benzene rings is 5. The van der Waals surface area contributed by atoms with Gasteiger partial charge in [0, 0.05) is 38.7 Å². The van der Waals surface area contributed by atoms with Crippen molar-refractivity contribution in [3.63, 3.8) is 0 Å². The first kappa shape index (κ1) is 31.5. The van der Waals surface area contributed by atoms with Crippen molar-refractivity contribution in [2.75, 3.05) is 0 Å². The Kier molecular flexibility index (Phi) is 8.19. The van der Waals surface area contributed by atoms with E-state index in [-0.39, 0.29) is 0 Å². The van der Waals surface area contributed by atoms with E-state index in [2.05, 4.69) is 97.1 Å². The summed E-state index contributed by atoms with van der Waals surface area (Å²) in [7, 11) is 0. The minimum atomic E-state index is 0.493. The fraction of sp³-hybridized carbons (Fsp3) is 0.0213. The number of furan rings is 1. The van der Waals surface area contributed by atoms with E-state index >= 15 is 0 Å². The van der Waals surface area contributed by atoms with Crippen LogP contribution in [0.1, 0.15) is 23.9 Å². The van der Waals surface area contributed by atoms with E-state index in [1.54, 1.807) is 0 Å². The molecular weight excluding hydrogens is 623 g/mol. The summed E-state index contributed by atoms with van der Waals surface area (Å²) in [5.74, 6) is 0. The van der Waals surface area contributed by atoms with E-state index in [1.807, 2.05) is 91.9 Å². The van der Waals surface area contributed by atoms with Gasteiger partial charge in [-0.05, 0) is 60.0 Å². The summed E-state index contributed by atoms with van der Waals surface area (Å²) in [6, 6.07) is 41.9. The molecule has 0 saturated heterocycles. The zero-order valence-electron chi connectivity index (χ0n) is 28.4. The maximum Gasteiger partial charge on any atom is 0.246 e. The zero-order valence-corrected chi connectivity index (χ0v) is 28.4. The average molecular weight is 658 g/mol. The number of hydrogen-bond donors (Lipinski definition) is 0. The molecule has 0 amide bonds. The van der Waals surface area contributed by atoms with Crippen LogP contribution in [-0.4, -0.2) is 14.5 Å². The molecule has 0 radical (unpaired) electrons. The monoisotopic (exact) mass is 657 g/mol. The standard InChI is InChI=1S/C47H35N3O/c1-5-9-17-31(6-2)43-44(34-20-14-11-15-21-34)49-47-45(48-43)39-23-16-22-38(46(39)51-47)33-24-27-36(28-25-33)50-41(8-4)37(7-3)40-30-35(26-29-42(40)50)32-18-12-10-13-19-32/h5-30H,2-4H2,1H3/b9-5-,31-17+. The van der Waals surface area contributed by atoms with Gasteiger partial charge in [-0.1, -0.05) is 141 Å². The van der Waals surface area contributed by atoms with Crippen molar-refractivity contribution in [3.05, 3.63) is 182 Å². The Morgan fingerprint density at radius 3 is 2.10 bits per heavy atom. The van der Waals surface area contributed by atoms with Crippen molar-refractivity contribution in [2.24, 2.45) is 0 Å². The molecule has 0 saturated carbocycles. The molecule has 8 rings (SSSR count). The molecule has 0 aliphatic heterocycles. The Labute approximate surface area is 297 Å². The van der Waals surface area contributed by atoms with Crippen LogP contribution in [0.25, 0.3) is 90.0 Å². The van der Waals surface area contributed by atoms with E-state index in [0.717, 1.165) is 78.0 Å². The Bertz CT molecular complexity index is 2670. The lowest BCUT2D eigenvalue weighted by Gasteiger charge is -2.11. The molecular formula is C47H35N3O. The van der Waals surface area contributed by atoms with Crippen LogP contribution in [0.3, 0.4) is 0 Å². The number of fused-ring (bicyclic) bond motifs is 4. The fourth-order valence-electron chi connectivity index (χ4n) is 6.90. The van der Waals surface area contributed by atoms with Gasteiger partial charge in [-0.15, -0.1) is 0 Å². The first-order valence-electron chi connectivity index (χ1n) is 17.0. The number of nitrogens with zero attached hydrogens (tertiary/aromatic N) is 3. The fourth-order valence-corrected chi connectivity index (χ4v) is 6.90. The molecule has 0 bridgehead atoms. The van der Waals surface area contributed by atoms with Crippen molar-refractivity contribution in [3.8, 4) is 39.2 Å². The number of para-hydroxylation sites is 1. The van der Waals surface area contributed by atoms with Crippen molar-refractivity contribution >= 4 is 50.8 Å². The number of allylic oxidation sites excluding steroid dienone is 5. The topological polar surface area (TPSA) is 43.9 Å². The van der Waals surface area contributed by atoms with E-state index in [9.17, 15) is 0 Å². The molecule has 4 heteroatoms. The lowest BCUT2D eigenvalue weighted by molar-refractivity contribution is 0.654. The lowest BCUT2D eigenvalue weighted by atomic mass is 10.0. The van der Waals surface area contributed by atoms with E-state index in [0.29, 0.717) is 11.2 Å². The van der Waals surface area contributed by atoms with E-state index in [1.165, 1.54) is 5.56 Å². The van der Waals surface area contributed by atoms with Crippen LogP contribution in [0.15, 0.2) is 170 Å². The molecule has 0 fully saturated rings. The minimum Gasteiger partial charge on any atom is -0.436 e. The molecule has 0 atom stereocenters. The van der Waals surface area contributed by atoms with Gasteiger partial charge in [-0.25, -0.2) is 9.97 Å². The normalized spacial score (nSPS) is 11.9. The van der Waals surface area contributed by atoms with Crippen molar-refractivity contribution in [2.45, 2.75) is 6.92 Å². The lowest BCUT2D eigenvalue weighted by Crippen LogP contribution is -1.97. The molecule has 0 spiro atoms. The highest BCUT2D eigenvalue weighted by atomic mass is 16.3. The van der Waals surface area contributed by atoms with E-state index in [4.69, 9.17) is 14.4 Å². The quantitative estimate of drug-likeness (QED) is 0.145. The molecule has 3 aromatic heterocycles. The predicted molar refractivity (Wildman–Crippen MR) is 216 cm³/mol. The summed E-state index contributed by atoms with van der Waals surface area (Å²) in [6.07, 6.45) is 11.6. The van der Waals surface area contributed by atoms with Gasteiger partial charge in [0.25, 0.3) is 0 Å². The third kappa shape index (κ3) is 5.44. The van der Waals surface area contributed by atoms with Gasteiger partial charge in [-0.2, -0.15) is 0 Å². The summed E-state index contributed by atoms with van der Waals surface area (Å²) in [6.45, 7) is 14.4. The van der Waals surface area contributed by atoms with Gasteiger partial charge in [0.05, 0.1) is 16.9 Å². The third-order valence-corrected chi connectivity index (χ3v) is 9.33. The molecule has 244 valence electrons. The van der Waals surface area contributed by atoms with Crippen molar-refractivity contribution in [1.29, 1.82) is 0 Å². The van der Waals surface area contributed by atoms with E-state index < -0.39 is 0 Å². The van der Waals surface area contributed by atoms with Crippen LogP contribution in [0.4, 0.5) is 0 Å². The van der Waals surface area contributed by atoms with Crippen LogP contribution in [0.2, 0.25) is 0 Å². The predicted octanol–water partition coefficient (Wildman–Crippen LogP) is 12.8. The smallest absolute Gasteiger partial charge is 0.246 e. The maximum atomic E-state index is 6.56. The highest BCUT2D eigenvalue weighted by Gasteiger charge is 2.21. The summed E-state index contributed by atoms with van der Waals surface area (Å²) >= 11 is 0. The SMILES string of the molecule is C=C/C(=C\C=C/C)c1nc2c(nc1-c1ccccc1)oc1c(-c3ccc(-n4c(C=C)c(C=C)c5cc(-c6ccccc6)ccc54)cc3)cccc12. The molecule has 3 heterocycles. The first-order chi connectivity index (χ1) is 25.1. The number of rotatable bonds is 9. The molecule has 0 unspecified atom stereocenters. The van der Waals surface area contributed by atoms with Gasteiger partial charge in [0.2, 0.25) is 5.71 Å².